The van der Waals surface area contributed by atoms with Crippen LogP contribution >= 0.6 is 7.60 Å². The molecule has 0 aliphatic heterocycles. The van der Waals surface area contributed by atoms with Crippen molar-refractivity contribution < 1.29 is 42.7 Å². The van der Waals surface area contributed by atoms with E-state index in [1.54, 1.807) is 59.7 Å². The molecule has 1 rings (SSSR count). The summed E-state index contributed by atoms with van der Waals surface area (Å²) in [6.45, 7) is 8.50. The molecule has 0 unspecified atom stereocenters. The van der Waals surface area contributed by atoms with E-state index in [4.69, 9.17) is 18.5 Å². The molecule has 33 heavy (non-hydrogen) atoms. The molecule has 0 radical (unpaired) electrons. The number of carbonyl (C=O) groups is 3. The predicted molar refractivity (Wildman–Crippen MR) is 119 cm³/mol. The highest BCUT2D eigenvalue weighted by Gasteiger charge is 2.29. The highest BCUT2D eigenvalue weighted by Crippen LogP contribution is 2.48. The van der Waals surface area contributed by atoms with Gasteiger partial charge in [-0.25, -0.2) is 0 Å². The summed E-state index contributed by atoms with van der Waals surface area (Å²) in [6, 6.07) is 8.03. The van der Waals surface area contributed by atoms with Crippen molar-refractivity contribution in [2.75, 3.05) is 19.7 Å². The molecule has 0 heterocycles. The molecule has 0 saturated heterocycles. The van der Waals surface area contributed by atoms with Crippen LogP contribution in [-0.2, 0) is 32.7 Å². The standard InChI is InChI=1S/C22H32NO9P/c1-21(2,3)19(25)29-15-31-33(28,32-16-30-20(26)22(4,5)6)14-10-13-23(27)18(24)17-11-8-7-9-12-17/h7-13,27H,14-16H2,1-6H3/b13-10+. The molecule has 0 spiro atoms. The second-order valence-corrected chi connectivity index (χ2v) is 11.2. The topological polar surface area (TPSA) is 129 Å². The normalized spacial score (nSPS) is 12.5. The highest BCUT2D eigenvalue weighted by atomic mass is 31.2. The lowest BCUT2D eigenvalue weighted by Crippen LogP contribution is -2.25. The SMILES string of the molecule is CC(C)(C)C(=O)OCOP(=O)(C/C=C/N(O)C(=O)c1ccccc1)OCOC(=O)C(C)(C)C. The Bertz CT molecular complexity index is 849. The molecule has 0 aliphatic rings. The molecule has 1 aromatic carbocycles. The van der Waals surface area contributed by atoms with Crippen LogP contribution in [0.25, 0.3) is 0 Å². The van der Waals surface area contributed by atoms with Crippen molar-refractivity contribution in [3.05, 3.63) is 48.2 Å². The number of amides is 1. The smallest absolute Gasteiger partial charge is 0.340 e. The minimum absolute atomic E-state index is 0.239. The maximum absolute atomic E-state index is 13.0. The summed E-state index contributed by atoms with van der Waals surface area (Å²) < 4.78 is 33.2. The molecule has 1 amide bonds. The summed E-state index contributed by atoms with van der Waals surface area (Å²) in [5.74, 6) is -1.88. The Balaban J connectivity index is 2.79. The number of allylic oxidation sites excluding steroid dienone is 1. The molecule has 0 atom stereocenters. The van der Waals surface area contributed by atoms with Crippen LogP contribution in [0.1, 0.15) is 51.9 Å². The van der Waals surface area contributed by atoms with Gasteiger partial charge in [0, 0.05) is 11.8 Å². The van der Waals surface area contributed by atoms with Crippen LogP contribution in [-0.4, -0.2) is 47.9 Å². The van der Waals surface area contributed by atoms with Gasteiger partial charge in [0.1, 0.15) is 0 Å². The molecule has 1 N–H and O–H groups in total. The van der Waals surface area contributed by atoms with Gasteiger partial charge in [0.05, 0.1) is 17.0 Å². The molecule has 0 aliphatic carbocycles. The fourth-order valence-electron chi connectivity index (χ4n) is 1.95. The van der Waals surface area contributed by atoms with Crippen LogP contribution in [0, 0.1) is 10.8 Å². The number of ether oxygens (including phenoxy) is 2. The minimum Gasteiger partial charge on any atom is -0.438 e. The lowest BCUT2D eigenvalue weighted by Gasteiger charge is -2.21. The third-order valence-electron chi connectivity index (χ3n) is 3.91. The van der Waals surface area contributed by atoms with Crippen molar-refractivity contribution in [2.24, 2.45) is 10.8 Å². The number of carbonyl (C=O) groups excluding carboxylic acids is 3. The van der Waals surface area contributed by atoms with E-state index in [9.17, 15) is 24.2 Å². The summed E-state index contributed by atoms with van der Waals surface area (Å²) in [5.41, 5.74) is -1.36. The van der Waals surface area contributed by atoms with Crippen molar-refractivity contribution in [3.8, 4) is 0 Å². The Kier molecular flexibility index (Phi) is 10.4. The molecule has 0 fully saturated rings. The molecule has 0 saturated carbocycles. The van der Waals surface area contributed by atoms with Gasteiger partial charge in [0.15, 0.2) is 0 Å². The first-order valence-corrected chi connectivity index (χ1v) is 11.9. The van der Waals surface area contributed by atoms with Crippen LogP contribution in [0.4, 0.5) is 0 Å². The molecule has 0 bridgehead atoms. The van der Waals surface area contributed by atoms with Crippen molar-refractivity contribution in [2.45, 2.75) is 41.5 Å². The Morgan fingerprint density at radius 1 is 0.909 bits per heavy atom. The maximum Gasteiger partial charge on any atom is 0.340 e. The fourth-order valence-corrected chi connectivity index (χ4v) is 3.02. The van der Waals surface area contributed by atoms with Gasteiger partial charge in [-0.1, -0.05) is 24.3 Å². The van der Waals surface area contributed by atoms with Crippen LogP contribution in [0.3, 0.4) is 0 Å². The first-order chi connectivity index (χ1) is 15.2. The molecule has 1 aromatic rings. The quantitative estimate of drug-likeness (QED) is 0.169. The van der Waals surface area contributed by atoms with Crippen LogP contribution in [0.2, 0.25) is 0 Å². The number of hydroxylamine groups is 2. The largest absolute Gasteiger partial charge is 0.438 e. The third-order valence-corrected chi connectivity index (χ3v) is 5.56. The molecular formula is C22H32NO9P. The first-order valence-electron chi connectivity index (χ1n) is 10.1. The van der Waals surface area contributed by atoms with Crippen molar-refractivity contribution in [1.29, 1.82) is 0 Å². The number of rotatable bonds is 10. The summed E-state index contributed by atoms with van der Waals surface area (Å²) >= 11 is 0. The van der Waals surface area contributed by atoms with Crippen molar-refractivity contribution in [1.82, 2.24) is 5.06 Å². The first kappa shape index (κ1) is 28.5. The highest BCUT2D eigenvalue weighted by molar-refractivity contribution is 7.54. The fraction of sp³-hybridized carbons (Fsp3) is 0.500. The maximum atomic E-state index is 13.0. The molecule has 0 aromatic heterocycles. The minimum atomic E-state index is -3.99. The van der Waals surface area contributed by atoms with Gasteiger partial charge >= 0.3 is 19.5 Å². The van der Waals surface area contributed by atoms with Gasteiger partial charge in [-0.2, -0.15) is 5.06 Å². The van der Waals surface area contributed by atoms with Gasteiger partial charge in [0.2, 0.25) is 13.6 Å². The van der Waals surface area contributed by atoms with E-state index in [1.165, 1.54) is 18.2 Å². The molecule has 184 valence electrons. The van der Waals surface area contributed by atoms with Crippen LogP contribution in [0.5, 0.6) is 0 Å². The Hall–Kier alpha value is -2.52. The number of hydrogen-bond acceptors (Lipinski definition) is 9. The van der Waals surface area contributed by atoms with E-state index in [0.29, 0.717) is 5.06 Å². The van der Waals surface area contributed by atoms with Crippen molar-refractivity contribution in [3.63, 3.8) is 0 Å². The number of benzene rings is 1. The summed E-state index contributed by atoms with van der Waals surface area (Å²) in [7, 11) is -3.99. The Labute approximate surface area is 193 Å². The van der Waals surface area contributed by atoms with E-state index in [0.717, 1.165) is 6.20 Å². The third kappa shape index (κ3) is 10.3. The molecule has 10 nitrogen and oxygen atoms in total. The van der Waals surface area contributed by atoms with Gasteiger partial charge in [-0.3, -0.25) is 33.2 Å². The zero-order chi connectivity index (χ0) is 25.3. The monoisotopic (exact) mass is 485 g/mol. The van der Waals surface area contributed by atoms with E-state index >= 15 is 0 Å². The van der Waals surface area contributed by atoms with Crippen LogP contribution < -0.4 is 0 Å². The zero-order valence-corrected chi connectivity index (χ0v) is 20.7. The molecule has 11 heteroatoms. The average molecular weight is 485 g/mol. The van der Waals surface area contributed by atoms with E-state index < -0.39 is 56.0 Å². The summed E-state index contributed by atoms with van der Waals surface area (Å²) in [4.78, 5) is 35.9. The van der Waals surface area contributed by atoms with Crippen LogP contribution in [0.15, 0.2) is 42.6 Å². The second kappa shape index (κ2) is 12.1. The van der Waals surface area contributed by atoms with Crippen molar-refractivity contribution >= 4 is 25.4 Å². The zero-order valence-electron chi connectivity index (χ0n) is 19.8. The van der Waals surface area contributed by atoms with Gasteiger partial charge in [0.25, 0.3) is 5.91 Å². The van der Waals surface area contributed by atoms with E-state index in [2.05, 4.69) is 0 Å². The second-order valence-electron chi connectivity index (χ2n) is 9.05. The average Bonchev–Trinajstić information content (AvgIpc) is 2.72. The lowest BCUT2D eigenvalue weighted by molar-refractivity contribution is -0.161. The van der Waals surface area contributed by atoms with E-state index in [-0.39, 0.29) is 5.56 Å². The van der Waals surface area contributed by atoms with E-state index in [1.807, 2.05) is 0 Å². The summed E-state index contributed by atoms with van der Waals surface area (Å²) in [5, 5.41) is 10.3. The lowest BCUT2D eigenvalue weighted by atomic mass is 9.98. The Morgan fingerprint density at radius 2 is 1.36 bits per heavy atom. The van der Waals surface area contributed by atoms with Gasteiger partial charge < -0.3 is 9.47 Å². The van der Waals surface area contributed by atoms with Gasteiger partial charge in [-0.15, -0.1) is 0 Å². The Morgan fingerprint density at radius 3 is 1.79 bits per heavy atom. The number of hydrogen-bond donors (Lipinski definition) is 1. The number of esters is 2. The van der Waals surface area contributed by atoms with Gasteiger partial charge in [-0.05, 0) is 53.7 Å². The predicted octanol–water partition coefficient (Wildman–Crippen LogP) is 4.35. The summed E-state index contributed by atoms with van der Waals surface area (Å²) in [6.07, 6.45) is 1.75. The number of nitrogens with zero attached hydrogens (tertiary/aromatic N) is 1. The molecular weight excluding hydrogens is 453 g/mol.